The van der Waals surface area contributed by atoms with Crippen LogP contribution in [-0.2, 0) is 9.53 Å². The molecular weight excluding hydrogens is 306 g/mol. The van der Waals surface area contributed by atoms with Gasteiger partial charge in [-0.25, -0.2) is 0 Å². The Balaban J connectivity index is 3.90. The van der Waals surface area contributed by atoms with E-state index in [0.29, 0.717) is 5.75 Å². The Bertz CT molecular complexity index is 435. The first-order valence-corrected chi connectivity index (χ1v) is 9.38. The third-order valence-corrected chi connectivity index (χ3v) is 4.47. The van der Waals surface area contributed by atoms with Crippen LogP contribution >= 0.6 is 11.8 Å². The molecule has 3 nitrogen and oxygen atoms in total. The molecule has 2 N–H and O–H groups in total. The number of hydrogen-bond donors (Lipinski definition) is 1. The highest BCUT2D eigenvalue weighted by Gasteiger charge is 2.12. The van der Waals surface area contributed by atoms with Crippen LogP contribution in [0.4, 0.5) is 0 Å². The molecule has 23 heavy (non-hydrogen) atoms. The Morgan fingerprint density at radius 1 is 1.04 bits per heavy atom. The van der Waals surface area contributed by atoms with E-state index in [9.17, 15) is 4.79 Å². The van der Waals surface area contributed by atoms with Gasteiger partial charge in [0.2, 0.25) is 0 Å². The number of carbonyl (C=O) groups is 1. The van der Waals surface area contributed by atoms with Gasteiger partial charge in [-0.05, 0) is 53.4 Å². The molecule has 1 atom stereocenters. The maximum Gasteiger partial charge on any atom is 0.323 e. The Morgan fingerprint density at radius 2 is 1.61 bits per heavy atom. The van der Waals surface area contributed by atoms with E-state index >= 15 is 0 Å². The van der Waals surface area contributed by atoms with E-state index in [4.69, 9.17) is 5.73 Å². The van der Waals surface area contributed by atoms with Crippen molar-refractivity contribution in [2.45, 2.75) is 59.4 Å². The standard InChI is InChI=1S/C19H33NO2S/c1-15(2)8-6-9-16(3)10-7-11-17(4)12-13-23-14-18(20)19(21)22-5/h8,10,12,18H,6-7,9,11,13-14,20H2,1-5H3/b16-10-,17-12+/t18-/m0/s1. The number of esters is 1. The molecule has 4 heteroatoms. The number of nitrogens with two attached hydrogens (primary N) is 1. The van der Waals surface area contributed by atoms with Crippen molar-refractivity contribution in [2.24, 2.45) is 5.73 Å². The third-order valence-electron chi connectivity index (χ3n) is 3.47. The van der Waals surface area contributed by atoms with Crippen molar-refractivity contribution < 1.29 is 9.53 Å². The van der Waals surface area contributed by atoms with Crippen LogP contribution in [0.3, 0.4) is 0 Å². The normalized spacial score (nSPS) is 13.7. The highest BCUT2D eigenvalue weighted by atomic mass is 32.2. The number of hydrogen-bond acceptors (Lipinski definition) is 4. The Hall–Kier alpha value is -1.00. The summed E-state index contributed by atoms with van der Waals surface area (Å²) in [5.74, 6) is 1.14. The van der Waals surface area contributed by atoms with Crippen LogP contribution in [0.2, 0.25) is 0 Å². The van der Waals surface area contributed by atoms with Crippen molar-refractivity contribution in [1.82, 2.24) is 0 Å². The summed E-state index contributed by atoms with van der Waals surface area (Å²) in [7, 11) is 1.37. The Morgan fingerprint density at radius 3 is 2.17 bits per heavy atom. The second-order valence-electron chi connectivity index (χ2n) is 6.13. The molecule has 0 saturated carbocycles. The smallest absolute Gasteiger partial charge is 0.323 e. The molecule has 0 aliphatic heterocycles. The minimum atomic E-state index is -0.523. The molecule has 0 fully saturated rings. The first-order valence-electron chi connectivity index (χ1n) is 8.22. The van der Waals surface area contributed by atoms with Gasteiger partial charge in [0.05, 0.1) is 7.11 Å². The van der Waals surface area contributed by atoms with Crippen molar-refractivity contribution >= 4 is 17.7 Å². The molecule has 0 aromatic heterocycles. The van der Waals surface area contributed by atoms with Gasteiger partial charge < -0.3 is 10.5 Å². The zero-order valence-corrected chi connectivity index (χ0v) is 16.2. The highest BCUT2D eigenvalue weighted by Crippen LogP contribution is 2.12. The number of carbonyl (C=O) groups excluding carboxylic acids is 1. The number of rotatable bonds is 11. The van der Waals surface area contributed by atoms with E-state index in [2.05, 4.69) is 50.7 Å². The third kappa shape index (κ3) is 13.2. The van der Waals surface area contributed by atoms with Gasteiger partial charge in [0.1, 0.15) is 6.04 Å². The molecule has 0 aliphatic rings. The molecule has 0 spiro atoms. The largest absolute Gasteiger partial charge is 0.468 e. The summed E-state index contributed by atoms with van der Waals surface area (Å²) in [6.45, 7) is 8.65. The van der Waals surface area contributed by atoms with E-state index in [1.54, 1.807) is 11.8 Å². The summed E-state index contributed by atoms with van der Waals surface area (Å²) in [6, 6.07) is -0.523. The molecule has 0 bridgehead atoms. The van der Waals surface area contributed by atoms with Gasteiger partial charge in [-0.1, -0.05) is 34.9 Å². The minimum absolute atomic E-state index is 0.341. The number of thioether (sulfide) groups is 1. The first kappa shape index (κ1) is 22.0. The lowest BCUT2D eigenvalue weighted by atomic mass is 10.1. The van der Waals surface area contributed by atoms with Gasteiger partial charge in [0, 0.05) is 11.5 Å². The topological polar surface area (TPSA) is 52.3 Å². The Kier molecular flexibility index (Phi) is 12.9. The minimum Gasteiger partial charge on any atom is -0.468 e. The second-order valence-corrected chi connectivity index (χ2v) is 7.20. The fourth-order valence-electron chi connectivity index (χ4n) is 1.95. The van der Waals surface area contributed by atoms with Crippen molar-refractivity contribution in [3.05, 3.63) is 34.9 Å². The molecule has 132 valence electrons. The summed E-state index contributed by atoms with van der Waals surface area (Å²) >= 11 is 1.66. The quantitative estimate of drug-likeness (QED) is 0.338. The molecule has 0 radical (unpaired) electrons. The van der Waals surface area contributed by atoms with Gasteiger partial charge in [-0.2, -0.15) is 11.8 Å². The lowest BCUT2D eigenvalue weighted by Gasteiger charge is -2.07. The van der Waals surface area contributed by atoms with Crippen molar-refractivity contribution in [3.63, 3.8) is 0 Å². The summed E-state index contributed by atoms with van der Waals surface area (Å²) in [5, 5.41) is 0. The lowest BCUT2D eigenvalue weighted by molar-refractivity contribution is -0.141. The van der Waals surface area contributed by atoms with E-state index < -0.39 is 6.04 Å². The van der Waals surface area contributed by atoms with Crippen molar-refractivity contribution in [3.8, 4) is 0 Å². The van der Waals surface area contributed by atoms with Crippen LogP contribution in [0.1, 0.15) is 53.4 Å². The fraction of sp³-hybridized carbons (Fsp3) is 0.632. The van der Waals surface area contributed by atoms with Gasteiger partial charge >= 0.3 is 5.97 Å². The van der Waals surface area contributed by atoms with Crippen molar-refractivity contribution in [1.29, 1.82) is 0 Å². The average molecular weight is 340 g/mol. The van der Waals surface area contributed by atoms with Crippen LogP contribution in [0.15, 0.2) is 34.9 Å². The zero-order chi connectivity index (χ0) is 17.7. The molecule has 0 amide bonds. The maximum atomic E-state index is 11.2. The lowest BCUT2D eigenvalue weighted by Crippen LogP contribution is -2.33. The highest BCUT2D eigenvalue weighted by molar-refractivity contribution is 7.99. The van der Waals surface area contributed by atoms with Crippen molar-refractivity contribution in [2.75, 3.05) is 18.6 Å². The first-order chi connectivity index (χ1) is 10.9. The summed E-state index contributed by atoms with van der Waals surface area (Å²) in [6.07, 6.45) is 11.3. The van der Waals surface area contributed by atoms with Crippen LogP contribution < -0.4 is 5.73 Å². The Labute approximate surface area is 146 Å². The molecule has 0 aromatic rings. The molecular formula is C19H33NO2S. The van der Waals surface area contributed by atoms with E-state index in [0.717, 1.165) is 31.4 Å². The zero-order valence-electron chi connectivity index (χ0n) is 15.4. The molecule has 0 rings (SSSR count). The SMILES string of the molecule is COC(=O)[C@@H](N)CSC/C=C(\C)CC/C=C(/C)CCC=C(C)C. The predicted octanol–water partition coefficient (Wildman–Crippen LogP) is 4.64. The van der Waals surface area contributed by atoms with Crippen LogP contribution in [0.25, 0.3) is 0 Å². The molecule has 0 heterocycles. The predicted molar refractivity (Wildman–Crippen MR) is 103 cm³/mol. The molecule has 0 unspecified atom stereocenters. The monoisotopic (exact) mass is 339 g/mol. The van der Waals surface area contributed by atoms with E-state index in [-0.39, 0.29) is 5.97 Å². The van der Waals surface area contributed by atoms with Crippen LogP contribution in [0.5, 0.6) is 0 Å². The van der Waals surface area contributed by atoms with E-state index in [1.165, 1.54) is 23.8 Å². The van der Waals surface area contributed by atoms with Gasteiger partial charge in [-0.15, -0.1) is 0 Å². The number of allylic oxidation sites excluding steroid dienone is 5. The summed E-state index contributed by atoms with van der Waals surface area (Å²) in [5.41, 5.74) is 9.93. The van der Waals surface area contributed by atoms with Gasteiger partial charge in [0.15, 0.2) is 0 Å². The number of methoxy groups -OCH3 is 1. The molecule has 0 aliphatic carbocycles. The number of ether oxygens (including phenoxy) is 1. The maximum absolute atomic E-state index is 11.2. The van der Waals surface area contributed by atoms with Gasteiger partial charge in [-0.3, -0.25) is 4.79 Å². The fourth-order valence-corrected chi connectivity index (χ4v) is 2.88. The average Bonchev–Trinajstić information content (AvgIpc) is 2.50. The van der Waals surface area contributed by atoms with Crippen LogP contribution in [-0.4, -0.2) is 30.6 Å². The summed E-state index contributed by atoms with van der Waals surface area (Å²) in [4.78, 5) is 11.2. The van der Waals surface area contributed by atoms with Crippen LogP contribution in [0, 0.1) is 0 Å². The molecule has 0 aromatic carbocycles. The molecule has 0 saturated heterocycles. The second kappa shape index (κ2) is 13.4. The summed E-state index contributed by atoms with van der Waals surface area (Å²) < 4.78 is 4.60. The van der Waals surface area contributed by atoms with E-state index in [1.807, 2.05) is 0 Å². The van der Waals surface area contributed by atoms with Gasteiger partial charge in [0.25, 0.3) is 0 Å².